The number of thiophene rings is 1. The lowest BCUT2D eigenvalue weighted by Gasteiger charge is -2.13. The van der Waals surface area contributed by atoms with Crippen LogP contribution in [0.2, 0.25) is 4.34 Å². The van der Waals surface area contributed by atoms with Crippen LogP contribution in [0.15, 0.2) is 16.3 Å². The molecule has 18 heavy (non-hydrogen) atoms. The second-order valence-electron chi connectivity index (χ2n) is 4.25. The molecule has 2 rings (SSSR count). The van der Waals surface area contributed by atoms with Crippen molar-refractivity contribution in [3.8, 4) is 0 Å². The minimum Gasteiger partial charge on any atom is -0.480 e. The summed E-state index contributed by atoms with van der Waals surface area (Å²) in [5.74, 6) is -0.825. The molecule has 1 fully saturated rings. The summed E-state index contributed by atoms with van der Waals surface area (Å²) in [4.78, 5) is 11.0. The summed E-state index contributed by atoms with van der Waals surface area (Å²) in [7, 11) is -3.80. The van der Waals surface area contributed by atoms with Crippen molar-refractivity contribution in [3.05, 3.63) is 16.5 Å². The van der Waals surface area contributed by atoms with Crippen LogP contribution >= 0.6 is 22.9 Å². The highest BCUT2D eigenvalue weighted by atomic mass is 35.5. The molecule has 100 valence electrons. The van der Waals surface area contributed by atoms with Gasteiger partial charge in [-0.3, -0.25) is 4.79 Å². The van der Waals surface area contributed by atoms with E-state index in [0.29, 0.717) is 16.7 Å². The first-order chi connectivity index (χ1) is 8.38. The Kier molecular flexibility index (Phi) is 3.96. The van der Waals surface area contributed by atoms with Crippen LogP contribution in [0.25, 0.3) is 0 Å². The average Bonchev–Trinajstić information content (AvgIpc) is 2.96. The highest BCUT2D eigenvalue weighted by molar-refractivity contribution is 7.91. The van der Waals surface area contributed by atoms with Crippen molar-refractivity contribution in [2.45, 2.75) is 29.5 Å². The van der Waals surface area contributed by atoms with Crippen molar-refractivity contribution in [1.29, 1.82) is 0 Å². The van der Waals surface area contributed by atoms with Crippen molar-refractivity contribution in [1.82, 2.24) is 4.72 Å². The van der Waals surface area contributed by atoms with E-state index in [1.807, 2.05) is 0 Å². The smallest absolute Gasteiger partial charge is 0.321 e. The van der Waals surface area contributed by atoms with Gasteiger partial charge in [0.2, 0.25) is 0 Å². The van der Waals surface area contributed by atoms with E-state index in [1.54, 1.807) is 0 Å². The summed E-state index contributed by atoms with van der Waals surface area (Å²) >= 11 is 6.57. The van der Waals surface area contributed by atoms with Crippen LogP contribution < -0.4 is 4.72 Å². The van der Waals surface area contributed by atoms with Crippen LogP contribution in [-0.4, -0.2) is 25.5 Å². The molecule has 0 spiro atoms. The Labute approximate surface area is 114 Å². The molecule has 0 bridgehead atoms. The Hall–Kier alpha value is -0.630. The third kappa shape index (κ3) is 3.44. The molecule has 1 aliphatic carbocycles. The van der Waals surface area contributed by atoms with Gasteiger partial charge < -0.3 is 5.11 Å². The number of hydrogen-bond acceptors (Lipinski definition) is 4. The van der Waals surface area contributed by atoms with Gasteiger partial charge in [-0.25, -0.2) is 8.42 Å². The molecule has 1 aromatic heterocycles. The van der Waals surface area contributed by atoms with Crippen LogP contribution in [-0.2, 0) is 14.8 Å². The van der Waals surface area contributed by atoms with Gasteiger partial charge >= 0.3 is 5.97 Å². The molecule has 0 radical (unpaired) electrons. The molecule has 1 atom stereocenters. The summed E-state index contributed by atoms with van der Waals surface area (Å²) in [6.45, 7) is 0. The fourth-order valence-corrected chi connectivity index (χ4v) is 4.28. The highest BCUT2D eigenvalue weighted by Crippen LogP contribution is 2.34. The van der Waals surface area contributed by atoms with Crippen molar-refractivity contribution < 1.29 is 18.3 Å². The predicted molar refractivity (Wildman–Crippen MR) is 68.4 cm³/mol. The monoisotopic (exact) mass is 309 g/mol. The molecule has 0 aliphatic heterocycles. The molecule has 1 aromatic rings. The first-order valence-corrected chi connectivity index (χ1v) is 8.07. The van der Waals surface area contributed by atoms with Crippen LogP contribution in [0, 0.1) is 5.92 Å². The van der Waals surface area contributed by atoms with Crippen molar-refractivity contribution in [3.63, 3.8) is 0 Å². The second-order valence-corrected chi connectivity index (χ2v) is 7.91. The van der Waals surface area contributed by atoms with Crippen LogP contribution in [0.3, 0.4) is 0 Å². The number of carbonyl (C=O) groups is 1. The molecular weight excluding hydrogens is 298 g/mol. The fraction of sp³-hybridized carbons (Fsp3) is 0.500. The SMILES string of the molecule is O=C(O)C(CC1CC1)NS(=O)(=O)c1ccc(Cl)s1. The minimum absolute atomic E-state index is 0.0366. The summed E-state index contributed by atoms with van der Waals surface area (Å²) in [5, 5.41) is 9.02. The molecule has 5 nitrogen and oxygen atoms in total. The molecule has 1 saturated carbocycles. The van der Waals surface area contributed by atoms with Crippen molar-refractivity contribution in [2.75, 3.05) is 0 Å². The third-order valence-corrected chi connectivity index (χ3v) is 5.87. The van der Waals surface area contributed by atoms with Gasteiger partial charge in [0.05, 0.1) is 4.34 Å². The van der Waals surface area contributed by atoms with Gasteiger partial charge in [0.15, 0.2) is 0 Å². The molecular formula is C10H12ClNO4S2. The lowest BCUT2D eigenvalue weighted by molar-refractivity contribution is -0.139. The van der Waals surface area contributed by atoms with E-state index in [2.05, 4.69) is 4.72 Å². The van der Waals surface area contributed by atoms with Gasteiger partial charge in [-0.15, -0.1) is 11.3 Å². The lowest BCUT2D eigenvalue weighted by atomic mass is 10.1. The lowest BCUT2D eigenvalue weighted by Crippen LogP contribution is -2.40. The number of rotatable bonds is 6. The third-order valence-electron chi connectivity index (χ3n) is 2.67. The Morgan fingerprint density at radius 3 is 2.67 bits per heavy atom. The first kappa shape index (κ1) is 13.8. The van der Waals surface area contributed by atoms with Crippen LogP contribution in [0.1, 0.15) is 19.3 Å². The van der Waals surface area contributed by atoms with E-state index in [0.717, 1.165) is 24.2 Å². The molecule has 1 unspecified atom stereocenters. The second kappa shape index (κ2) is 5.16. The average molecular weight is 310 g/mol. The Balaban J connectivity index is 2.11. The number of halogens is 1. The molecule has 1 aliphatic rings. The molecule has 0 aromatic carbocycles. The Morgan fingerprint density at radius 1 is 1.56 bits per heavy atom. The van der Waals surface area contributed by atoms with Gasteiger partial charge in [-0.05, 0) is 24.5 Å². The van der Waals surface area contributed by atoms with E-state index in [-0.39, 0.29) is 4.21 Å². The minimum atomic E-state index is -3.80. The normalized spacial score (nSPS) is 17.6. The Bertz CT molecular complexity index is 550. The number of carboxylic acid groups (broad SMARTS) is 1. The Morgan fingerprint density at radius 2 is 2.22 bits per heavy atom. The topological polar surface area (TPSA) is 83.5 Å². The maximum Gasteiger partial charge on any atom is 0.321 e. The fourth-order valence-electron chi connectivity index (χ4n) is 1.57. The molecule has 0 saturated heterocycles. The van der Waals surface area contributed by atoms with Gasteiger partial charge in [0.25, 0.3) is 10.0 Å². The number of aliphatic carboxylic acids is 1. The summed E-state index contributed by atoms with van der Waals surface area (Å²) in [5.41, 5.74) is 0. The largest absolute Gasteiger partial charge is 0.480 e. The number of carboxylic acids is 1. The van der Waals surface area contributed by atoms with E-state index in [9.17, 15) is 13.2 Å². The van der Waals surface area contributed by atoms with Crippen molar-refractivity contribution in [2.24, 2.45) is 5.92 Å². The van der Waals surface area contributed by atoms with Gasteiger partial charge in [0.1, 0.15) is 10.3 Å². The standard InChI is InChI=1S/C10H12ClNO4S2/c11-8-3-4-9(17-8)18(15,16)12-7(10(13)14)5-6-1-2-6/h3-4,6-7,12H,1-2,5H2,(H,13,14). The van der Waals surface area contributed by atoms with Gasteiger partial charge in [-0.2, -0.15) is 4.72 Å². The number of nitrogens with one attached hydrogen (secondary N) is 1. The summed E-state index contributed by atoms with van der Waals surface area (Å²) in [6.07, 6.45) is 2.28. The molecule has 1 heterocycles. The molecule has 2 N–H and O–H groups in total. The van der Waals surface area contributed by atoms with E-state index >= 15 is 0 Å². The van der Waals surface area contributed by atoms with E-state index in [4.69, 9.17) is 16.7 Å². The predicted octanol–water partition coefficient (Wildman–Crippen LogP) is 1.93. The number of hydrogen-bond donors (Lipinski definition) is 2. The quantitative estimate of drug-likeness (QED) is 0.841. The molecule has 0 amide bonds. The molecule has 8 heteroatoms. The van der Waals surface area contributed by atoms with Gasteiger partial charge in [-0.1, -0.05) is 24.4 Å². The summed E-state index contributed by atoms with van der Waals surface area (Å²) in [6, 6.07) is 1.77. The maximum atomic E-state index is 11.9. The van der Waals surface area contributed by atoms with Crippen molar-refractivity contribution >= 4 is 38.9 Å². The number of sulfonamides is 1. The van der Waals surface area contributed by atoms with Crippen LogP contribution in [0.5, 0.6) is 0 Å². The summed E-state index contributed by atoms with van der Waals surface area (Å²) < 4.78 is 26.5. The van der Waals surface area contributed by atoms with Crippen LogP contribution in [0.4, 0.5) is 0 Å². The highest BCUT2D eigenvalue weighted by Gasteiger charge is 2.32. The maximum absolute atomic E-state index is 11.9. The zero-order chi connectivity index (χ0) is 13.3. The van der Waals surface area contributed by atoms with E-state index in [1.165, 1.54) is 12.1 Å². The van der Waals surface area contributed by atoms with Gasteiger partial charge in [0, 0.05) is 0 Å². The zero-order valence-electron chi connectivity index (χ0n) is 9.30. The first-order valence-electron chi connectivity index (χ1n) is 5.39. The zero-order valence-corrected chi connectivity index (χ0v) is 11.7. The van der Waals surface area contributed by atoms with E-state index < -0.39 is 22.0 Å².